The number of amides is 1. The molecule has 0 radical (unpaired) electrons. The second-order valence-corrected chi connectivity index (χ2v) is 6.23. The SMILES string of the molecule is COc1ccc2cc(C(=O)NC3CCNCC3C)c(C)nc2c1. The van der Waals surface area contributed by atoms with Gasteiger partial charge >= 0.3 is 0 Å². The summed E-state index contributed by atoms with van der Waals surface area (Å²) in [6.45, 7) is 5.93. The number of aromatic nitrogens is 1. The number of fused-ring (bicyclic) bond motifs is 1. The van der Waals surface area contributed by atoms with Crippen LogP contribution in [0.5, 0.6) is 5.75 Å². The fourth-order valence-corrected chi connectivity index (χ4v) is 3.07. The Labute approximate surface area is 136 Å². The molecule has 0 bridgehead atoms. The second kappa shape index (κ2) is 6.54. The lowest BCUT2D eigenvalue weighted by Crippen LogP contribution is -2.48. The Hall–Kier alpha value is -2.14. The first-order valence-corrected chi connectivity index (χ1v) is 8.05. The molecule has 0 saturated carbocycles. The Morgan fingerprint density at radius 3 is 2.96 bits per heavy atom. The molecule has 5 nitrogen and oxygen atoms in total. The summed E-state index contributed by atoms with van der Waals surface area (Å²) >= 11 is 0. The van der Waals surface area contributed by atoms with Gasteiger partial charge in [0.2, 0.25) is 0 Å². The van der Waals surface area contributed by atoms with Crippen molar-refractivity contribution in [3.05, 3.63) is 35.5 Å². The van der Waals surface area contributed by atoms with Crippen molar-refractivity contribution in [2.75, 3.05) is 20.2 Å². The van der Waals surface area contributed by atoms with Crippen LogP contribution in [0, 0.1) is 12.8 Å². The molecule has 2 N–H and O–H groups in total. The summed E-state index contributed by atoms with van der Waals surface area (Å²) in [4.78, 5) is 17.2. The number of hydrogen-bond acceptors (Lipinski definition) is 4. The first-order valence-electron chi connectivity index (χ1n) is 8.05. The molecule has 2 aromatic rings. The molecule has 23 heavy (non-hydrogen) atoms. The Bertz CT molecular complexity index is 730. The van der Waals surface area contributed by atoms with E-state index in [4.69, 9.17) is 4.74 Å². The molecule has 1 aromatic heterocycles. The smallest absolute Gasteiger partial charge is 0.253 e. The maximum atomic E-state index is 12.6. The van der Waals surface area contributed by atoms with Gasteiger partial charge in [-0.05, 0) is 50.6 Å². The Balaban J connectivity index is 1.86. The predicted octanol–water partition coefficient (Wildman–Crippen LogP) is 2.28. The van der Waals surface area contributed by atoms with Gasteiger partial charge in [-0.15, -0.1) is 0 Å². The number of nitrogens with one attached hydrogen (secondary N) is 2. The van der Waals surface area contributed by atoms with Gasteiger partial charge in [0, 0.05) is 17.5 Å². The highest BCUT2D eigenvalue weighted by Gasteiger charge is 2.24. The van der Waals surface area contributed by atoms with E-state index in [1.807, 2.05) is 31.2 Å². The van der Waals surface area contributed by atoms with E-state index in [0.29, 0.717) is 11.5 Å². The number of aryl methyl sites for hydroxylation is 1. The summed E-state index contributed by atoms with van der Waals surface area (Å²) in [5, 5.41) is 7.46. The molecule has 122 valence electrons. The average Bonchev–Trinajstić information content (AvgIpc) is 2.55. The van der Waals surface area contributed by atoms with Crippen LogP contribution >= 0.6 is 0 Å². The van der Waals surface area contributed by atoms with Crippen LogP contribution in [0.25, 0.3) is 10.9 Å². The molecule has 1 aliphatic rings. The largest absolute Gasteiger partial charge is 0.497 e. The van der Waals surface area contributed by atoms with Crippen molar-refractivity contribution >= 4 is 16.8 Å². The number of methoxy groups -OCH3 is 1. The van der Waals surface area contributed by atoms with Gasteiger partial charge in [-0.1, -0.05) is 6.92 Å². The highest BCUT2D eigenvalue weighted by atomic mass is 16.5. The Morgan fingerprint density at radius 2 is 2.22 bits per heavy atom. The van der Waals surface area contributed by atoms with E-state index < -0.39 is 0 Å². The van der Waals surface area contributed by atoms with Gasteiger partial charge < -0.3 is 15.4 Å². The minimum atomic E-state index is -0.0357. The number of ether oxygens (including phenoxy) is 1. The molecule has 1 aliphatic heterocycles. The lowest BCUT2D eigenvalue weighted by molar-refractivity contribution is 0.0913. The Morgan fingerprint density at radius 1 is 1.39 bits per heavy atom. The van der Waals surface area contributed by atoms with Crippen LogP contribution in [0.15, 0.2) is 24.3 Å². The normalized spacial score (nSPS) is 21.2. The minimum Gasteiger partial charge on any atom is -0.497 e. The lowest BCUT2D eigenvalue weighted by atomic mass is 9.95. The van der Waals surface area contributed by atoms with Crippen molar-refractivity contribution in [3.8, 4) is 5.75 Å². The number of carbonyl (C=O) groups excluding carboxylic acids is 1. The highest BCUT2D eigenvalue weighted by molar-refractivity contribution is 5.99. The molecule has 0 spiro atoms. The Kier molecular flexibility index (Phi) is 4.48. The molecule has 5 heteroatoms. The third-order valence-electron chi connectivity index (χ3n) is 4.56. The molecule has 1 amide bonds. The zero-order valence-electron chi connectivity index (χ0n) is 13.8. The lowest BCUT2D eigenvalue weighted by Gasteiger charge is -2.30. The second-order valence-electron chi connectivity index (χ2n) is 6.23. The van der Waals surface area contributed by atoms with E-state index in [-0.39, 0.29) is 11.9 Å². The standard InChI is InChI=1S/C18H23N3O2/c1-11-10-19-7-6-16(11)21-18(22)15-8-13-4-5-14(23-3)9-17(13)20-12(15)2/h4-5,8-9,11,16,19H,6-7,10H2,1-3H3,(H,21,22). The number of rotatable bonds is 3. The van der Waals surface area contributed by atoms with Crippen LogP contribution in [0.1, 0.15) is 29.4 Å². The van der Waals surface area contributed by atoms with Gasteiger partial charge in [0.05, 0.1) is 23.9 Å². The summed E-state index contributed by atoms with van der Waals surface area (Å²) in [5.74, 6) is 1.17. The van der Waals surface area contributed by atoms with Crippen LogP contribution in [0.4, 0.5) is 0 Å². The van der Waals surface area contributed by atoms with Crippen molar-refractivity contribution in [2.24, 2.45) is 5.92 Å². The number of piperidine rings is 1. The summed E-state index contributed by atoms with van der Waals surface area (Å²) in [6, 6.07) is 7.84. The number of carbonyl (C=O) groups is 1. The van der Waals surface area contributed by atoms with Crippen LogP contribution in [0.2, 0.25) is 0 Å². The first-order chi connectivity index (χ1) is 11.1. The van der Waals surface area contributed by atoms with Gasteiger partial charge in [-0.25, -0.2) is 0 Å². The van der Waals surface area contributed by atoms with Crippen LogP contribution in [-0.2, 0) is 0 Å². The molecular weight excluding hydrogens is 290 g/mol. The average molecular weight is 313 g/mol. The van der Waals surface area contributed by atoms with Crippen molar-refractivity contribution < 1.29 is 9.53 Å². The summed E-state index contributed by atoms with van der Waals surface area (Å²) in [5.41, 5.74) is 2.23. The van der Waals surface area contributed by atoms with E-state index >= 15 is 0 Å². The molecule has 2 atom stereocenters. The third kappa shape index (κ3) is 3.29. The molecular formula is C18H23N3O2. The summed E-state index contributed by atoms with van der Waals surface area (Å²) < 4.78 is 5.23. The minimum absolute atomic E-state index is 0.0357. The van der Waals surface area contributed by atoms with E-state index in [0.717, 1.165) is 41.9 Å². The third-order valence-corrected chi connectivity index (χ3v) is 4.56. The van der Waals surface area contributed by atoms with E-state index in [2.05, 4.69) is 22.5 Å². The molecule has 1 fully saturated rings. The van der Waals surface area contributed by atoms with Gasteiger partial charge in [-0.3, -0.25) is 9.78 Å². The van der Waals surface area contributed by atoms with Crippen molar-refractivity contribution in [3.63, 3.8) is 0 Å². The molecule has 1 saturated heterocycles. The van der Waals surface area contributed by atoms with Crippen LogP contribution in [-0.4, -0.2) is 37.1 Å². The maximum Gasteiger partial charge on any atom is 0.253 e. The monoisotopic (exact) mass is 313 g/mol. The van der Waals surface area contributed by atoms with Crippen LogP contribution < -0.4 is 15.4 Å². The fraction of sp³-hybridized carbons (Fsp3) is 0.444. The van der Waals surface area contributed by atoms with Crippen LogP contribution in [0.3, 0.4) is 0 Å². The predicted molar refractivity (Wildman–Crippen MR) is 90.9 cm³/mol. The summed E-state index contributed by atoms with van der Waals surface area (Å²) in [7, 11) is 1.63. The van der Waals surface area contributed by atoms with E-state index in [1.165, 1.54) is 0 Å². The van der Waals surface area contributed by atoms with Gasteiger partial charge in [0.15, 0.2) is 0 Å². The molecule has 3 rings (SSSR count). The maximum absolute atomic E-state index is 12.6. The first kappa shape index (κ1) is 15.7. The number of benzene rings is 1. The molecule has 2 heterocycles. The quantitative estimate of drug-likeness (QED) is 0.912. The molecule has 0 aliphatic carbocycles. The van der Waals surface area contributed by atoms with Crippen molar-refractivity contribution in [2.45, 2.75) is 26.3 Å². The van der Waals surface area contributed by atoms with E-state index in [9.17, 15) is 4.79 Å². The summed E-state index contributed by atoms with van der Waals surface area (Å²) in [6.07, 6.45) is 0.962. The number of nitrogens with zero attached hydrogens (tertiary/aromatic N) is 1. The topological polar surface area (TPSA) is 63.2 Å². The van der Waals surface area contributed by atoms with Gasteiger partial charge in [-0.2, -0.15) is 0 Å². The number of pyridine rings is 1. The van der Waals surface area contributed by atoms with E-state index in [1.54, 1.807) is 7.11 Å². The van der Waals surface area contributed by atoms with Gasteiger partial charge in [0.25, 0.3) is 5.91 Å². The van der Waals surface area contributed by atoms with Crippen molar-refractivity contribution in [1.82, 2.24) is 15.6 Å². The van der Waals surface area contributed by atoms with Gasteiger partial charge in [0.1, 0.15) is 5.75 Å². The molecule has 2 unspecified atom stereocenters. The zero-order valence-corrected chi connectivity index (χ0v) is 13.8. The highest BCUT2D eigenvalue weighted by Crippen LogP contribution is 2.22. The molecule has 1 aromatic carbocycles. The van der Waals surface area contributed by atoms with Crippen molar-refractivity contribution in [1.29, 1.82) is 0 Å². The fourth-order valence-electron chi connectivity index (χ4n) is 3.07. The zero-order chi connectivity index (χ0) is 16.4. The number of hydrogen-bond donors (Lipinski definition) is 2.